The minimum Gasteiger partial charge on any atom is -0.337 e. The number of carbonyl (C=O) groups is 1. The molecule has 1 amide bonds. The largest absolute Gasteiger partial charge is 0.337 e. The molecule has 0 unspecified atom stereocenters. The molecule has 0 aromatic heterocycles. The molecule has 1 saturated heterocycles. The summed E-state index contributed by atoms with van der Waals surface area (Å²) in [4.78, 5) is 14.5. The van der Waals surface area contributed by atoms with E-state index in [-0.39, 0.29) is 23.2 Å². The lowest BCUT2D eigenvalue weighted by Crippen LogP contribution is -2.34. The van der Waals surface area contributed by atoms with Crippen LogP contribution in [0.1, 0.15) is 30.6 Å². The molecule has 1 fully saturated rings. The molecule has 1 aromatic carbocycles. The lowest BCUT2D eigenvalue weighted by atomic mass is 10.2. The van der Waals surface area contributed by atoms with E-state index in [0.29, 0.717) is 25.2 Å². The van der Waals surface area contributed by atoms with Crippen molar-refractivity contribution in [2.45, 2.75) is 25.2 Å². The van der Waals surface area contributed by atoms with Gasteiger partial charge in [0.2, 0.25) is 10.0 Å². The smallest absolute Gasteiger partial charge is 0.253 e. The second-order valence-corrected chi connectivity index (χ2v) is 7.45. The molecule has 1 aliphatic rings. The molecule has 0 spiro atoms. The van der Waals surface area contributed by atoms with Crippen molar-refractivity contribution in [3.05, 3.63) is 29.8 Å². The summed E-state index contributed by atoms with van der Waals surface area (Å²) < 4.78 is 26.3. The van der Waals surface area contributed by atoms with Gasteiger partial charge in [-0.15, -0.1) is 12.4 Å². The van der Waals surface area contributed by atoms with E-state index in [0.717, 1.165) is 26.1 Å². The number of rotatable bonds is 5. The van der Waals surface area contributed by atoms with Crippen molar-refractivity contribution in [1.82, 2.24) is 14.5 Å². The van der Waals surface area contributed by atoms with Crippen LogP contribution in [-0.2, 0) is 10.0 Å². The molecule has 24 heavy (non-hydrogen) atoms. The quantitative estimate of drug-likeness (QED) is 0.848. The maximum absolute atomic E-state index is 12.5. The van der Waals surface area contributed by atoms with Gasteiger partial charge in [-0.25, -0.2) is 8.42 Å². The molecule has 136 valence electrons. The van der Waals surface area contributed by atoms with Gasteiger partial charge >= 0.3 is 0 Å². The molecule has 0 bridgehead atoms. The van der Waals surface area contributed by atoms with Crippen LogP contribution in [0.4, 0.5) is 0 Å². The monoisotopic (exact) mass is 375 g/mol. The van der Waals surface area contributed by atoms with Gasteiger partial charge in [-0.05, 0) is 37.2 Å². The third-order valence-corrected chi connectivity index (χ3v) is 6.14. The number of sulfonamides is 1. The van der Waals surface area contributed by atoms with Crippen LogP contribution in [0.3, 0.4) is 0 Å². The zero-order valence-corrected chi connectivity index (χ0v) is 15.8. The molecule has 0 radical (unpaired) electrons. The molecule has 6 nitrogen and oxygen atoms in total. The number of amides is 1. The fraction of sp³-hybridized carbons (Fsp3) is 0.562. The Morgan fingerprint density at radius 1 is 1.12 bits per heavy atom. The standard InChI is InChI=1S/C16H25N3O3S.ClH/c1-3-19(4-2)23(21,22)15-8-6-14(7-9-15)16(20)18-12-5-10-17-11-13-18;/h6-9,17H,3-5,10-13H2,1-2H3;1H. The molecule has 1 aromatic rings. The molecule has 1 N–H and O–H groups in total. The third kappa shape index (κ3) is 4.69. The van der Waals surface area contributed by atoms with Gasteiger partial charge in [0.1, 0.15) is 0 Å². The van der Waals surface area contributed by atoms with Gasteiger partial charge in [0, 0.05) is 38.3 Å². The van der Waals surface area contributed by atoms with E-state index < -0.39 is 10.0 Å². The van der Waals surface area contributed by atoms with Crippen molar-refractivity contribution < 1.29 is 13.2 Å². The van der Waals surface area contributed by atoms with Gasteiger partial charge < -0.3 is 10.2 Å². The van der Waals surface area contributed by atoms with Crippen molar-refractivity contribution in [1.29, 1.82) is 0 Å². The molecule has 2 rings (SSSR count). The number of hydrogen-bond donors (Lipinski definition) is 1. The minimum absolute atomic E-state index is 0. The highest BCUT2D eigenvalue weighted by Gasteiger charge is 2.22. The molecule has 1 aliphatic heterocycles. The van der Waals surface area contributed by atoms with Crippen LogP contribution < -0.4 is 5.32 Å². The lowest BCUT2D eigenvalue weighted by molar-refractivity contribution is 0.0766. The normalized spacial score (nSPS) is 15.7. The van der Waals surface area contributed by atoms with E-state index in [2.05, 4.69) is 5.32 Å². The summed E-state index contributed by atoms with van der Waals surface area (Å²) in [6.45, 7) is 7.61. The first-order valence-corrected chi connectivity index (χ1v) is 9.55. The summed E-state index contributed by atoms with van der Waals surface area (Å²) in [6.07, 6.45) is 0.931. The molecule has 0 aliphatic carbocycles. The van der Waals surface area contributed by atoms with Gasteiger partial charge in [-0.1, -0.05) is 13.8 Å². The maximum atomic E-state index is 12.5. The van der Waals surface area contributed by atoms with Gasteiger partial charge in [0.15, 0.2) is 0 Å². The van der Waals surface area contributed by atoms with Crippen LogP contribution >= 0.6 is 12.4 Å². The number of hydrogen-bond acceptors (Lipinski definition) is 4. The Balaban J connectivity index is 0.00000288. The minimum atomic E-state index is -3.48. The molecule has 0 atom stereocenters. The van der Waals surface area contributed by atoms with Crippen LogP contribution in [0.25, 0.3) is 0 Å². The molecule has 8 heteroatoms. The zero-order chi connectivity index (χ0) is 16.9. The number of nitrogens with zero attached hydrogens (tertiary/aromatic N) is 2. The van der Waals surface area contributed by atoms with Crippen LogP contribution in [0.5, 0.6) is 0 Å². The Hall–Kier alpha value is -1.15. The summed E-state index contributed by atoms with van der Waals surface area (Å²) in [5, 5.41) is 3.26. The van der Waals surface area contributed by atoms with Crippen LogP contribution in [0.2, 0.25) is 0 Å². The van der Waals surface area contributed by atoms with Gasteiger partial charge in [0.25, 0.3) is 5.91 Å². The second kappa shape index (κ2) is 9.36. The van der Waals surface area contributed by atoms with E-state index in [1.165, 1.54) is 16.4 Å². The van der Waals surface area contributed by atoms with E-state index in [9.17, 15) is 13.2 Å². The van der Waals surface area contributed by atoms with Crippen molar-refractivity contribution in [2.24, 2.45) is 0 Å². The number of benzene rings is 1. The number of nitrogens with one attached hydrogen (secondary N) is 1. The fourth-order valence-corrected chi connectivity index (χ4v) is 4.17. The average Bonchev–Trinajstić information content (AvgIpc) is 2.84. The lowest BCUT2D eigenvalue weighted by Gasteiger charge is -2.21. The summed E-state index contributed by atoms with van der Waals surface area (Å²) in [7, 11) is -3.48. The first-order valence-electron chi connectivity index (χ1n) is 8.11. The van der Waals surface area contributed by atoms with Crippen molar-refractivity contribution in [3.63, 3.8) is 0 Å². The van der Waals surface area contributed by atoms with E-state index in [1.54, 1.807) is 12.1 Å². The van der Waals surface area contributed by atoms with E-state index in [1.807, 2.05) is 18.7 Å². The predicted molar refractivity (Wildman–Crippen MR) is 97.2 cm³/mol. The Kier molecular flexibility index (Phi) is 8.15. The summed E-state index contributed by atoms with van der Waals surface area (Å²) in [5.41, 5.74) is 0.533. The first kappa shape index (κ1) is 20.9. The number of halogens is 1. The Morgan fingerprint density at radius 2 is 1.75 bits per heavy atom. The topological polar surface area (TPSA) is 69.7 Å². The summed E-state index contributed by atoms with van der Waals surface area (Å²) in [6, 6.07) is 6.27. The molecule has 0 saturated carbocycles. The maximum Gasteiger partial charge on any atom is 0.253 e. The zero-order valence-electron chi connectivity index (χ0n) is 14.2. The Labute approximate surface area is 150 Å². The second-order valence-electron chi connectivity index (χ2n) is 5.51. The SMILES string of the molecule is CCN(CC)S(=O)(=O)c1ccc(C(=O)N2CCCNCC2)cc1.Cl. The highest BCUT2D eigenvalue weighted by Crippen LogP contribution is 2.17. The highest BCUT2D eigenvalue weighted by molar-refractivity contribution is 7.89. The van der Waals surface area contributed by atoms with Crippen molar-refractivity contribution >= 4 is 28.3 Å². The first-order chi connectivity index (χ1) is 11.0. The van der Waals surface area contributed by atoms with E-state index >= 15 is 0 Å². The van der Waals surface area contributed by atoms with Gasteiger partial charge in [-0.3, -0.25) is 4.79 Å². The van der Waals surface area contributed by atoms with Crippen LogP contribution in [0.15, 0.2) is 29.2 Å². The van der Waals surface area contributed by atoms with Crippen LogP contribution in [0, 0.1) is 0 Å². The van der Waals surface area contributed by atoms with Crippen LogP contribution in [-0.4, -0.2) is 62.8 Å². The average molecular weight is 376 g/mol. The Morgan fingerprint density at radius 3 is 2.33 bits per heavy atom. The summed E-state index contributed by atoms with van der Waals surface area (Å²) in [5.74, 6) is -0.0412. The molecule has 1 heterocycles. The molecular weight excluding hydrogens is 350 g/mol. The van der Waals surface area contributed by atoms with Gasteiger partial charge in [-0.2, -0.15) is 4.31 Å². The van der Waals surface area contributed by atoms with E-state index in [4.69, 9.17) is 0 Å². The van der Waals surface area contributed by atoms with Gasteiger partial charge in [0.05, 0.1) is 4.90 Å². The molecular formula is C16H26ClN3O3S. The Bertz CT molecular complexity index is 622. The van der Waals surface area contributed by atoms with Crippen molar-refractivity contribution in [2.75, 3.05) is 39.3 Å². The van der Waals surface area contributed by atoms with Crippen molar-refractivity contribution in [3.8, 4) is 0 Å². The highest BCUT2D eigenvalue weighted by atomic mass is 35.5. The fourth-order valence-electron chi connectivity index (χ4n) is 2.71. The predicted octanol–water partition coefficient (Wildman–Crippen LogP) is 1.57. The third-order valence-electron chi connectivity index (χ3n) is 4.07. The summed E-state index contributed by atoms with van der Waals surface area (Å²) >= 11 is 0. The number of carbonyl (C=O) groups excluding carboxylic acids is 1.